The molecule has 1 atom stereocenters. The van der Waals surface area contributed by atoms with E-state index in [1.54, 1.807) is 6.08 Å². The zero-order chi connectivity index (χ0) is 16.2. The standard InChI is InChI=1S/C15H26N2O4S/c1-2-8-15(14(18)19)9-7-12-17(13-15)22(20,21)16-10-5-3-4-6-11-16/h2H,1,3-13H2,(H,18,19). The molecule has 0 spiro atoms. The molecule has 1 unspecified atom stereocenters. The van der Waals surface area contributed by atoms with Crippen molar-refractivity contribution < 1.29 is 18.3 Å². The van der Waals surface area contributed by atoms with Crippen molar-refractivity contribution in [1.82, 2.24) is 8.61 Å². The largest absolute Gasteiger partial charge is 0.481 e. The Labute approximate surface area is 133 Å². The third-order valence-corrected chi connectivity index (χ3v) is 6.73. The van der Waals surface area contributed by atoms with Crippen molar-refractivity contribution in [3.05, 3.63) is 12.7 Å². The Bertz CT molecular complexity index is 512. The van der Waals surface area contributed by atoms with Gasteiger partial charge in [0.1, 0.15) is 0 Å². The van der Waals surface area contributed by atoms with Crippen LogP contribution in [0.15, 0.2) is 12.7 Å². The van der Waals surface area contributed by atoms with Gasteiger partial charge in [-0.25, -0.2) is 0 Å². The minimum atomic E-state index is -3.56. The summed E-state index contributed by atoms with van der Waals surface area (Å²) in [4.78, 5) is 11.7. The third kappa shape index (κ3) is 3.52. The van der Waals surface area contributed by atoms with Gasteiger partial charge in [-0.1, -0.05) is 18.9 Å². The monoisotopic (exact) mass is 330 g/mol. The minimum absolute atomic E-state index is 0.0488. The Hall–Kier alpha value is -0.920. The maximum absolute atomic E-state index is 12.8. The highest BCUT2D eigenvalue weighted by Gasteiger charge is 2.45. The molecule has 0 aromatic heterocycles. The first-order chi connectivity index (χ1) is 10.4. The molecule has 7 heteroatoms. The van der Waals surface area contributed by atoms with Crippen molar-refractivity contribution in [2.75, 3.05) is 26.2 Å². The molecule has 2 aliphatic rings. The predicted octanol–water partition coefficient (Wildman–Crippen LogP) is 1.85. The molecule has 126 valence electrons. The SMILES string of the molecule is C=CCC1(C(=O)O)CCCN(S(=O)(=O)N2CCCCCC2)C1. The van der Waals surface area contributed by atoms with E-state index in [1.807, 2.05) is 0 Å². The molecule has 2 heterocycles. The van der Waals surface area contributed by atoms with Crippen LogP contribution in [0.1, 0.15) is 44.9 Å². The fourth-order valence-electron chi connectivity index (χ4n) is 3.43. The zero-order valence-electron chi connectivity index (χ0n) is 13.0. The normalized spacial score (nSPS) is 28.9. The van der Waals surface area contributed by atoms with Crippen LogP contribution in [0.2, 0.25) is 0 Å². The summed E-state index contributed by atoms with van der Waals surface area (Å²) in [5, 5.41) is 9.58. The number of carbonyl (C=O) groups is 1. The average Bonchev–Trinajstić information content (AvgIpc) is 2.77. The third-order valence-electron chi connectivity index (χ3n) is 4.75. The van der Waals surface area contributed by atoms with Gasteiger partial charge in [0.15, 0.2) is 0 Å². The van der Waals surface area contributed by atoms with E-state index < -0.39 is 21.6 Å². The highest BCUT2D eigenvalue weighted by Crippen LogP contribution is 2.36. The van der Waals surface area contributed by atoms with Crippen LogP contribution in [0.5, 0.6) is 0 Å². The van der Waals surface area contributed by atoms with Crippen molar-refractivity contribution in [1.29, 1.82) is 0 Å². The quantitative estimate of drug-likeness (QED) is 0.780. The Morgan fingerprint density at radius 2 is 1.68 bits per heavy atom. The van der Waals surface area contributed by atoms with Gasteiger partial charge in [-0.3, -0.25) is 4.79 Å². The number of aliphatic carboxylic acids is 1. The number of allylic oxidation sites excluding steroid dienone is 1. The van der Waals surface area contributed by atoms with Gasteiger partial charge in [0.25, 0.3) is 10.2 Å². The van der Waals surface area contributed by atoms with Crippen LogP contribution in [-0.4, -0.2) is 54.3 Å². The maximum atomic E-state index is 12.8. The number of hydrogen-bond acceptors (Lipinski definition) is 3. The molecule has 0 aromatic rings. The first kappa shape index (κ1) is 17.4. The number of carboxylic acid groups (broad SMARTS) is 1. The molecule has 0 aromatic carbocycles. The lowest BCUT2D eigenvalue weighted by atomic mass is 9.78. The number of hydrogen-bond donors (Lipinski definition) is 1. The first-order valence-electron chi connectivity index (χ1n) is 8.02. The molecule has 2 saturated heterocycles. The molecule has 6 nitrogen and oxygen atoms in total. The predicted molar refractivity (Wildman–Crippen MR) is 84.7 cm³/mol. The van der Waals surface area contributed by atoms with Gasteiger partial charge >= 0.3 is 5.97 Å². The average molecular weight is 330 g/mol. The van der Waals surface area contributed by atoms with Crippen LogP contribution < -0.4 is 0 Å². The van der Waals surface area contributed by atoms with E-state index in [0.29, 0.717) is 38.9 Å². The second-order valence-electron chi connectivity index (χ2n) is 6.34. The topological polar surface area (TPSA) is 77.9 Å². The molecule has 0 amide bonds. The van der Waals surface area contributed by atoms with E-state index in [-0.39, 0.29) is 6.54 Å². The summed E-state index contributed by atoms with van der Waals surface area (Å²) in [6, 6.07) is 0. The van der Waals surface area contributed by atoms with Crippen LogP contribution in [0, 0.1) is 5.41 Å². The van der Waals surface area contributed by atoms with E-state index >= 15 is 0 Å². The lowest BCUT2D eigenvalue weighted by Crippen LogP contribution is -2.53. The molecule has 2 fully saturated rings. The second-order valence-corrected chi connectivity index (χ2v) is 8.26. The van der Waals surface area contributed by atoms with Crippen LogP contribution in [0.25, 0.3) is 0 Å². The van der Waals surface area contributed by atoms with Crippen molar-refractivity contribution in [2.45, 2.75) is 44.9 Å². The Balaban J connectivity index is 2.19. The van der Waals surface area contributed by atoms with Gasteiger partial charge in [0, 0.05) is 26.2 Å². The number of nitrogens with zero attached hydrogens (tertiary/aromatic N) is 2. The van der Waals surface area contributed by atoms with Gasteiger partial charge in [-0.05, 0) is 32.1 Å². The summed E-state index contributed by atoms with van der Waals surface area (Å²) in [6.07, 6.45) is 6.83. The number of rotatable bonds is 5. The molecule has 0 aliphatic carbocycles. The molecular weight excluding hydrogens is 304 g/mol. The van der Waals surface area contributed by atoms with Gasteiger partial charge in [0.05, 0.1) is 5.41 Å². The summed E-state index contributed by atoms with van der Waals surface area (Å²) >= 11 is 0. The first-order valence-corrected chi connectivity index (χ1v) is 9.42. The summed E-state index contributed by atoms with van der Waals surface area (Å²) in [6.45, 7) is 5.17. The molecular formula is C15H26N2O4S. The minimum Gasteiger partial charge on any atom is -0.481 e. The van der Waals surface area contributed by atoms with E-state index in [4.69, 9.17) is 0 Å². The smallest absolute Gasteiger partial charge is 0.311 e. The van der Waals surface area contributed by atoms with E-state index in [0.717, 1.165) is 25.7 Å². The van der Waals surface area contributed by atoms with Crippen LogP contribution in [0.4, 0.5) is 0 Å². The van der Waals surface area contributed by atoms with Crippen molar-refractivity contribution >= 4 is 16.2 Å². The molecule has 0 bridgehead atoms. The van der Waals surface area contributed by atoms with Crippen LogP contribution >= 0.6 is 0 Å². The second kappa shape index (κ2) is 7.10. The Kier molecular flexibility index (Phi) is 5.63. The van der Waals surface area contributed by atoms with Crippen molar-refractivity contribution in [3.63, 3.8) is 0 Å². The lowest BCUT2D eigenvalue weighted by molar-refractivity contribution is -0.151. The molecule has 1 N–H and O–H groups in total. The molecule has 0 saturated carbocycles. The number of carboxylic acids is 1. The Morgan fingerprint density at radius 1 is 1.09 bits per heavy atom. The van der Waals surface area contributed by atoms with E-state index in [2.05, 4.69) is 6.58 Å². The summed E-state index contributed by atoms with van der Waals surface area (Å²) in [5.74, 6) is -0.928. The zero-order valence-corrected chi connectivity index (χ0v) is 13.9. The van der Waals surface area contributed by atoms with Crippen molar-refractivity contribution in [2.24, 2.45) is 5.41 Å². The van der Waals surface area contributed by atoms with Gasteiger partial charge in [-0.2, -0.15) is 17.0 Å². The highest BCUT2D eigenvalue weighted by atomic mass is 32.2. The van der Waals surface area contributed by atoms with Gasteiger partial charge in [0.2, 0.25) is 0 Å². The lowest BCUT2D eigenvalue weighted by Gasteiger charge is -2.40. The summed E-state index contributed by atoms with van der Waals surface area (Å²) in [7, 11) is -3.56. The fraction of sp³-hybridized carbons (Fsp3) is 0.800. The van der Waals surface area contributed by atoms with E-state index in [9.17, 15) is 18.3 Å². The van der Waals surface area contributed by atoms with E-state index in [1.165, 1.54) is 8.61 Å². The summed E-state index contributed by atoms with van der Waals surface area (Å²) < 4.78 is 28.6. The molecule has 0 radical (unpaired) electrons. The molecule has 22 heavy (non-hydrogen) atoms. The summed E-state index contributed by atoms with van der Waals surface area (Å²) in [5.41, 5.74) is -1.03. The van der Waals surface area contributed by atoms with Gasteiger partial charge in [-0.15, -0.1) is 6.58 Å². The molecule has 2 aliphatic heterocycles. The fourth-order valence-corrected chi connectivity index (χ4v) is 5.24. The van der Waals surface area contributed by atoms with Crippen LogP contribution in [-0.2, 0) is 15.0 Å². The maximum Gasteiger partial charge on any atom is 0.311 e. The van der Waals surface area contributed by atoms with Crippen molar-refractivity contribution in [3.8, 4) is 0 Å². The Morgan fingerprint density at radius 3 is 2.23 bits per heavy atom. The highest BCUT2D eigenvalue weighted by molar-refractivity contribution is 7.86. The van der Waals surface area contributed by atoms with Gasteiger partial charge < -0.3 is 5.11 Å². The molecule has 2 rings (SSSR count). The number of piperidine rings is 1. The van der Waals surface area contributed by atoms with Crippen LogP contribution in [0.3, 0.4) is 0 Å².